The number of hydrogen-bond donors (Lipinski definition) is 1. The number of nitrogen functional groups attached to an aromatic ring is 1. The monoisotopic (exact) mass is 338 g/mol. The van der Waals surface area contributed by atoms with Crippen LogP contribution in [0.15, 0.2) is 40.9 Å². The third-order valence-electron chi connectivity index (χ3n) is 2.62. The molecule has 0 atom stereocenters. The van der Waals surface area contributed by atoms with E-state index in [1.807, 2.05) is 36.4 Å². The van der Waals surface area contributed by atoms with Crippen molar-refractivity contribution in [3.05, 3.63) is 45.9 Å². The molecule has 0 amide bonds. The van der Waals surface area contributed by atoms with Gasteiger partial charge in [0.1, 0.15) is 10.5 Å². The van der Waals surface area contributed by atoms with Crippen LogP contribution in [0.2, 0.25) is 5.02 Å². The molecule has 0 saturated heterocycles. The standard InChI is InChI=1S/C13H8BrClN2S/c14-7-4-5-10(16)8(6-7)13-17-12-9(15)2-1-3-11(12)18-13/h1-6H,16H2. The van der Waals surface area contributed by atoms with Gasteiger partial charge in [-0.1, -0.05) is 33.6 Å². The molecule has 0 radical (unpaired) electrons. The van der Waals surface area contributed by atoms with Gasteiger partial charge in [-0.2, -0.15) is 0 Å². The Labute approximate surface area is 122 Å². The van der Waals surface area contributed by atoms with E-state index in [9.17, 15) is 0 Å². The summed E-state index contributed by atoms with van der Waals surface area (Å²) in [5.41, 5.74) is 8.47. The highest BCUT2D eigenvalue weighted by molar-refractivity contribution is 9.10. The summed E-state index contributed by atoms with van der Waals surface area (Å²) in [6.45, 7) is 0. The molecular formula is C13H8BrClN2S. The number of para-hydroxylation sites is 1. The number of anilines is 1. The second-order valence-corrected chi connectivity index (χ2v) is 6.19. The van der Waals surface area contributed by atoms with Gasteiger partial charge in [0.05, 0.1) is 9.72 Å². The molecule has 0 unspecified atom stereocenters. The minimum absolute atomic E-state index is 0.670. The Kier molecular flexibility index (Phi) is 3.01. The zero-order chi connectivity index (χ0) is 12.7. The van der Waals surface area contributed by atoms with E-state index in [2.05, 4.69) is 20.9 Å². The number of rotatable bonds is 1. The van der Waals surface area contributed by atoms with E-state index in [1.54, 1.807) is 11.3 Å². The molecule has 0 spiro atoms. The quantitative estimate of drug-likeness (QED) is 0.636. The van der Waals surface area contributed by atoms with Crippen molar-refractivity contribution in [2.24, 2.45) is 0 Å². The third-order valence-corrected chi connectivity index (χ3v) is 4.47. The Hall–Kier alpha value is -1.10. The number of halogens is 2. The SMILES string of the molecule is Nc1ccc(Br)cc1-c1nc2c(Cl)cccc2s1. The highest BCUT2D eigenvalue weighted by atomic mass is 79.9. The Morgan fingerprint density at radius 1 is 1.22 bits per heavy atom. The van der Waals surface area contributed by atoms with Crippen LogP contribution in [0, 0.1) is 0 Å². The second-order valence-electron chi connectivity index (χ2n) is 3.84. The summed E-state index contributed by atoms with van der Waals surface area (Å²) in [5, 5.41) is 1.56. The van der Waals surface area contributed by atoms with Crippen LogP contribution in [0.25, 0.3) is 20.8 Å². The topological polar surface area (TPSA) is 38.9 Å². The highest BCUT2D eigenvalue weighted by Gasteiger charge is 2.11. The van der Waals surface area contributed by atoms with Crippen molar-refractivity contribution in [1.82, 2.24) is 4.98 Å². The first-order chi connectivity index (χ1) is 8.65. The lowest BCUT2D eigenvalue weighted by atomic mass is 10.2. The van der Waals surface area contributed by atoms with E-state index in [4.69, 9.17) is 17.3 Å². The lowest BCUT2D eigenvalue weighted by Crippen LogP contribution is -1.89. The summed E-state index contributed by atoms with van der Waals surface area (Å²) >= 11 is 11.2. The van der Waals surface area contributed by atoms with Crippen LogP contribution < -0.4 is 5.73 Å². The molecule has 0 aliphatic rings. The molecule has 3 rings (SSSR count). The van der Waals surface area contributed by atoms with Crippen molar-refractivity contribution in [3.8, 4) is 10.6 Å². The minimum atomic E-state index is 0.670. The maximum absolute atomic E-state index is 6.13. The number of fused-ring (bicyclic) bond motifs is 1. The fourth-order valence-electron chi connectivity index (χ4n) is 1.74. The first-order valence-electron chi connectivity index (χ1n) is 5.25. The molecule has 1 aromatic heterocycles. The van der Waals surface area contributed by atoms with Gasteiger partial charge in [-0.15, -0.1) is 11.3 Å². The zero-order valence-corrected chi connectivity index (χ0v) is 12.3. The predicted octanol–water partition coefficient (Wildman–Crippen LogP) is 4.96. The summed E-state index contributed by atoms with van der Waals surface area (Å²) in [7, 11) is 0. The van der Waals surface area contributed by atoms with E-state index >= 15 is 0 Å². The van der Waals surface area contributed by atoms with Crippen molar-refractivity contribution in [3.63, 3.8) is 0 Å². The molecule has 0 aliphatic heterocycles. The van der Waals surface area contributed by atoms with Gasteiger partial charge >= 0.3 is 0 Å². The van der Waals surface area contributed by atoms with Crippen molar-refractivity contribution in [2.75, 3.05) is 5.73 Å². The molecule has 0 saturated carbocycles. The van der Waals surface area contributed by atoms with Crippen molar-refractivity contribution in [1.29, 1.82) is 0 Å². The van der Waals surface area contributed by atoms with E-state index in [0.717, 1.165) is 25.3 Å². The first-order valence-corrected chi connectivity index (χ1v) is 7.24. The molecule has 2 aromatic carbocycles. The smallest absolute Gasteiger partial charge is 0.126 e. The van der Waals surface area contributed by atoms with Crippen LogP contribution in [-0.2, 0) is 0 Å². The zero-order valence-electron chi connectivity index (χ0n) is 9.15. The average molecular weight is 340 g/mol. The molecule has 5 heteroatoms. The molecule has 2 N–H and O–H groups in total. The maximum atomic E-state index is 6.13. The number of hydrogen-bond acceptors (Lipinski definition) is 3. The Morgan fingerprint density at radius 2 is 2.06 bits per heavy atom. The average Bonchev–Trinajstić information content (AvgIpc) is 2.77. The number of aromatic nitrogens is 1. The van der Waals surface area contributed by atoms with Crippen LogP contribution in [0.3, 0.4) is 0 Å². The van der Waals surface area contributed by atoms with E-state index < -0.39 is 0 Å². The molecule has 0 fully saturated rings. The van der Waals surface area contributed by atoms with Crippen molar-refractivity contribution in [2.45, 2.75) is 0 Å². The summed E-state index contributed by atoms with van der Waals surface area (Å²) in [6.07, 6.45) is 0. The number of nitrogens with two attached hydrogens (primary N) is 1. The lowest BCUT2D eigenvalue weighted by molar-refractivity contribution is 1.47. The fourth-order valence-corrected chi connectivity index (χ4v) is 3.41. The summed E-state index contributed by atoms with van der Waals surface area (Å²) < 4.78 is 2.05. The first kappa shape index (κ1) is 12.0. The Morgan fingerprint density at radius 3 is 2.83 bits per heavy atom. The molecule has 90 valence electrons. The predicted molar refractivity (Wildman–Crippen MR) is 82.2 cm³/mol. The van der Waals surface area contributed by atoms with Crippen LogP contribution in [0.4, 0.5) is 5.69 Å². The van der Waals surface area contributed by atoms with Gasteiger partial charge in [0, 0.05) is 15.7 Å². The third kappa shape index (κ3) is 2.00. The van der Waals surface area contributed by atoms with Crippen LogP contribution in [0.1, 0.15) is 0 Å². The van der Waals surface area contributed by atoms with Gasteiger partial charge in [0.25, 0.3) is 0 Å². The van der Waals surface area contributed by atoms with Crippen LogP contribution in [-0.4, -0.2) is 4.98 Å². The van der Waals surface area contributed by atoms with Gasteiger partial charge in [-0.25, -0.2) is 4.98 Å². The molecule has 0 bridgehead atoms. The molecule has 3 aromatic rings. The van der Waals surface area contributed by atoms with Gasteiger partial charge in [-0.3, -0.25) is 0 Å². The summed E-state index contributed by atoms with van der Waals surface area (Å²) in [5.74, 6) is 0. The van der Waals surface area contributed by atoms with Crippen molar-refractivity contribution < 1.29 is 0 Å². The van der Waals surface area contributed by atoms with Crippen LogP contribution in [0.5, 0.6) is 0 Å². The second kappa shape index (κ2) is 4.53. The Balaban J connectivity index is 2.26. The van der Waals surface area contributed by atoms with E-state index in [-0.39, 0.29) is 0 Å². The largest absolute Gasteiger partial charge is 0.398 e. The molecular weight excluding hydrogens is 332 g/mol. The van der Waals surface area contributed by atoms with Gasteiger partial charge in [-0.05, 0) is 30.3 Å². The van der Waals surface area contributed by atoms with Gasteiger partial charge in [0.2, 0.25) is 0 Å². The number of benzene rings is 2. The van der Waals surface area contributed by atoms with Gasteiger partial charge < -0.3 is 5.73 Å². The normalized spacial score (nSPS) is 11.0. The molecule has 2 nitrogen and oxygen atoms in total. The highest BCUT2D eigenvalue weighted by Crippen LogP contribution is 2.36. The van der Waals surface area contributed by atoms with Gasteiger partial charge in [0.15, 0.2) is 0 Å². The fraction of sp³-hybridized carbons (Fsp3) is 0. The van der Waals surface area contributed by atoms with E-state index in [1.165, 1.54) is 0 Å². The number of nitrogens with zero attached hydrogens (tertiary/aromatic N) is 1. The minimum Gasteiger partial charge on any atom is -0.398 e. The van der Waals surface area contributed by atoms with Crippen LogP contribution >= 0.6 is 38.9 Å². The molecule has 1 heterocycles. The van der Waals surface area contributed by atoms with Crippen molar-refractivity contribution >= 4 is 54.8 Å². The number of thiazole rings is 1. The molecule has 0 aliphatic carbocycles. The molecule has 18 heavy (non-hydrogen) atoms. The van der Waals surface area contributed by atoms with E-state index in [0.29, 0.717) is 10.7 Å². The lowest BCUT2D eigenvalue weighted by Gasteiger charge is -2.01. The summed E-state index contributed by atoms with van der Waals surface area (Å²) in [6, 6.07) is 11.5. The maximum Gasteiger partial charge on any atom is 0.126 e. The Bertz CT molecular complexity index is 739. The summed E-state index contributed by atoms with van der Waals surface area (Å²) in [4.78, 5) is 4.57.